The van der Waals surface area contributed by atoms with E-state index in [0.29, 0.717) is 16.3 Å². The first-order valence-electron chi connectivity index (χ1n) is 7.38. The van der Waals surface area contributed by atoms with Crippen molar-refractivity contribution in [3.63, 3.8) is 0 Å². The Morgan fingerprint density at radius 3 is 2.58 bits per heavy atom. The van der Waals surface area contributed by atoms with E-state index in [1.165, 1.54) is 6.21 Å². The molecule has 2 aromatic carbocycles. The van der Waals surface area contributed by atoms with Gasteiger partial charge in [0.1, 0.15) is 11.5 Å². The maximum atomic E-state index is 11.8. The number of phenolic OH excluding ortho intramolecular Hbond substituents is 1. The van der Waals surface area contributed by atoms with Gasteiger partial charge in [-0.2, -0.15) is 5.10 Å². The van der Waals surface area contributed by atoms with Crippen molar-refractivity contribution in [2.45, 2.75) is 20.8 Å². The summed E-state index contributed by atoms with van der Waals surface area (Å²) in [6, 6.07) is 8.84. The van der Waals surface area contributed by atoms with Crippen LogP contribution in [0.3, 0.4) is 0 Å². The van der Waals surface area contributed by atoms with Gasteiger partial charge in [-0.1, -0.05) is 23.7 Å². The van der Waals surface area contributed by atoms with E-state index in [-0.39, 0.29) is 12.4 Å². The summed E-state index contributed by atoms with van der Waals surface area (Å²) in [5.74, 6) is 0.312. The lowest BCUT2D eigenvalue weighted by Gasteiger charge is -2.09. The van der Waals surface area contributed by atoms with Crippen molar-refractivity contribution in [1.82, 2.24) is 5.43 Å². The number of carbonyl (C=O) groups is 1. The topological polar surface area (TPSA) is 70.9 Å². The molecule has 0 aliphatic heterocycles. The second kappa shape index (κ2) is 7.84. The zero-order chi connectivity index (χ0) is 17.7. The highest BCUT2D eigenvalue weighted by Crippen LogP contribution is 2.25. The van der Waals surface area contributed by atoms with Gasteiger partial charge in [0.25, 0.3) is 5.91 Å². The van der Waals surface area contributed by atoms with E-state index in [1.807, 2.05) is 13.8 Å². The van der Waals surface area contributed by atoms with Gasteiger partial charge >= 0.3 is 0 Å². The number of para-hydroxylation sites is 1. The van der Waals surface area contributed by atoms with Gasteiger partial charge in [0, 0.05) is 10.6 Å². The molecule has 0 saturated carbocycles. The Balaban J connectivity index is 1.90. The summed E-state index contributed by atoms with van der Waals surface area (Å²) < 4.78 is 5.44. The van der Waals surface area contributed by atoms with Crippen molar-refractivity contribution in [3.05, 3.63) is 57.6 Å². The Bertz CT molecular complexity index is 765. The van der Waals surface area contributed by atoms with Gasteiger partial charge < -0.3 is 9.84 Å². The number of nitrogens with one attached hydrogen (secondary N) is 1. The lowest BCUT2D eigenvalue weighted by Crippen LogP contribution is -2.24. The molecule has 0 saturated heterocycles. The number of benzene rings is 2. The van der Waals surface area contributed by atoms with Crippen molar-refractivity contribution < 1.29 is 14.6 Å². The van der Waals surface area contributed by atoms with Crippen molar-refractivity contribution in [3.8, 4) is 11.5 Å². The number of hydrogen-bond donors (Lipinski definition) is 2. The zero-order valence-electron chi connectivity index (χ0n) is 13.8. The highest BCUT2D eigenvalue weighted by Gasteiger charge is 2.06. The number of amides is 1. The summed E-state index contributed by atoms with van der Waals surface area (Å²) >= 11 is 6.09. The smallest absolute Gasteiger partial charge is 0.277 e. The molecule has 0 aliphatic carbocycles. The van der Waals surface area contributed by atoms with Crippen molar-refractivity contribution in [2.75, 3.05) is 6.61 Å². The van der Waals surface area contributed by atoms with Crippen LogP contribution in [0.25, 0.3) is 0 Å². The summed E-state index contributed by atoms with van der Waals surface area (Å²) in [6.07, 6.45) is 1.39. The number of hydrazone groups is 1. The molecule has 0 bridgehead atoms. The summed E-state index contributed by atoms with van der Waals surface area (Å²) in [6.45, 7) is 5.37. The summed E-state index contributed by atoms with van der Waals surface area (Å²) in [4.78, 5) is 11.8. The average molecular weight is 347 g/mol. The predicted molar refractivity (Wildman–Crippen MR) is 95.0 cm³/mol. The van der Waals surface area contributed by atoms with E-state index < -0.39 is 5.91 Å². The second-order valence-corrected chi connectivity index (χ2v) is 5.84. The van der Waals surface area contributed by atoms with Gasteiger partial charge in [-0.15, -0.1) is 0 Å². The Hall–Kier alpha value is -2.53. The van der Waals surface area contributed by atoms with Crippen LogP contribution in [0.4, 0.5) is 0 Å². The van der Waals surface area contributed by atoms with Gasteiger partial charge in [0.15, 0.2) is 6.61 Å². The fraction of sp³-hybridized carbons (Fsp3) is 0.222. The quantitative estimate of drug-likeness (QED) is 0.643. The lowest BCUT2D eigenvalue weighted by molar-refractivity contribution is -0.123. The van der Waals surface area contributed by atoms with E-state index in [0.717, 1.165) is 16.7 Å². The summed E-state index contributed by atoms with van der Waals surface area (Å²) in [5, 5.41) is 14.4. The minimum absolute atomic E-state index is 0.138. The number of hydrogen-bond acceptors (Lipinski definition) is 4. The van der Waals surface area contributed by atoms with Crippen LogP contribution in [0.15, 0.2) is 35.4 Å². The van der Waals surface area contributed by atoms with Gasteiger partial charge in [-0.05, 0) is 55.7 Å². The molecule has 0 radical (unpaired) electrons. The predicted octanol–water partition coefficient (Wildman–Crippen LogP) is 3.50. The van der Waals surface area contributed by atoms with Crippen LogP contribution in [-0.4, -0.2) is 23.8 Å². The summed E-state index contributed by atoms with van der Waals surface area (Å²) in [5.41, 5.74) is 5.40. The van der Waals surface area contributed by atoms with E-state index in [1.54, 1.807) is 37.3 Å². The maximum Gasteiger partial charge on any atom is 0.277 e. The molecule has 2 aromatic rings. The number of phenols is 1. The Morgan fingerprint density at radius 1 is 1.25 bits per heavy atom. The molecule has 2 N–H and O–H groups in total. The first-order valence-corrected chi connectivity index (χ1v) is 7.76. The van der Waals surface area contributed by atoms with Crippen LogP contribution in [0.1, 0.15) is 22.3 Å². The van der Waals surface area contributed by atoms with Crippen LogP contribution < -0.4 is 10.2 Å². The SMILES string of the molecule is Cc1cccc(/C=N\NC(=O)COc2cc(C)c(Cl)c(C)c2)c1O. The van der Waals surface area contributed by atoms with Gasteiger partial charge in [-0.25, -0.2) is 5.43 Å². The van der Waals surface area contributed by atoms with Gasteiger partial charge in [-0.3, -0.25) is 4.79 Å². The van der Waals surface area contributed by atoms with E-state index in [2.05, 4.69) is 10.5 Å². The minimum atomic E-state index is -0.399. The molecular weight excluding hydrogens is 328 g/mol. The molecule has 0 aromatic heterocycles. The van der Waals surface area contributed by atoms with E-state index in [4.69, 9.17) is 16.3 Å². The molecular formula is C18H19ClN2O3. The number of carbonyl (C=O) groups excluding carboxylic acids is 1. The number of halogens is 1. The lowest BCUT2D eigenvalue weighted by atomic mass is 10.1. The molecule has 6 heteroatoms. The average Bonchev–Trinajstić information content (AvgIpc) is 2.54. The molecule has 0 unspecified atom stereocenters. The van der Waals surface area contributed by atoms with E-state index >= 15 is 0 Å². The summed E-state index contributed by atoms with van der Waals surface area (Å²) in [7, 11) is 0. The highest BCUT2D eigenvalue weighted by molar-refractivity contribution is 6.32. The molecule has 0 atom stereocenters. The highest BCUT2D eigenvalue weighted by atomic mass is 35.5. The number of aryl methyl sites for hydroxylation is 3. The number of aromatic hydroxyl groups is 1. The Kier molecular flexibility index (Phi) is 5.82. The second-order valence-electron chi connectivity index (χ2n) is 5.47. The molecule has 2 rings (SSSR count). The van der Waals surface area contributed by atoms with Gasteiger partial charge in [0.2, 0.25) is 0 Å². The molecule has 24 heavy (non-hydrogen) atoms. The molecule has 1 amide bonds. The first kappa shape index (κ1) is 17.8. The van der Waals surface area contributed by atoms with Crippen LogP contribution in [0.2, 0.25) is 5.02 Å². The largest absolute Gasteiger partial charge is 0.507 e. The molecule has 0 heterocycles. The molecule has 5 nitrogen and oxygen atoms in total. The standard InChI is InChI=1S/C18H19ClN2O3/c1-11-5-4-6-14(18(11)23)9-20-21-16(22)10-24-15-7-12(2)17(19)13(3)8-15/h4-9,23H,10H2,1-3H3,(H,21,22)/b20-9-. The molecule has 0 fully saturated rings. The van der Waals surface area contributed by atoms with Crippen LogP contribution in [0.5, 0.6) is 11.5 Å². The zero-order valence-corrected chi connectivity index (χ0v) is 14.5. The van der Waals surface area contributed by atoms with Crippen molar-refractivity contribution >= 4 is 23.7 Å². The third kappa shape index (κ3) is 4.49. The number of nitrogens with zero attached hydrogens (tertiary/aromatic N) is 1. The van der Waals surface area contributed by atoms with Crippen molar-refractivity contribution in [2.24, 2.45) is 5.10 Å². The Labute approximate surface area is 145 Å². The maximum absolute atomic E-state index is 11.8. The van der Waals surface area contributed by atoms with Crippen molar-refractivity contribution in [1.29, 1.82) is 0 Å². The normalized spacial score (nSPS) is 10.8. The van der Waals surface area contributed by atoms with Crippen LogP contribution in [-0.2, 0) is 4.79 Å². The minimum Gasteiger partial charge on any atom is -0.507 e. The fourth-order valence-electron chi connectivity index (χ4n) is 2.13. The third-order valence-corrected chi connectivity index (χ3v) is 4.04. The molecule has 0 aliphatic rings. The van der Waals surface area contributed by atoms with Crippen LogP contribution >= 0.6 is 11.6 Å². The van der Waals surface area contributed by atoms with Crippen LogP contribution in [0, 0.1) is 20.8 Å². The monoisotopic (exact) mass is 346 g/mol. The first-order chi connectivity index (χ1) is 11.4. The molecule has 126 valence electrons. The van der Waals surface area contributed by atoms with Gasteiger partial charge in [0.05, 0.1) is 6.21 Å². The third-order valence-electron chi connectivity index (χ3n) is 3.44. The van der Waals surface area contributed by atoms with E-state index in [9.17, 15) is 9.90 Å². The fourth-order valence-corrected chi connectivity index (χ4v) is 2.24. The molecule has 0 spiro atoms. The Morgan fingerprint density at radius 2 is 1.92 bits per heavy atom. The number of rotatable bonds is 5. The number of ether oxygens (including phenoxy) is 1.